The number of para-hydroxylation sites is 2. The van der Waals surface area contributed by atoms with E-state index in [9.17, 15) is 0 Å². The van der Waals surface area contributed by atoms with Gasteiger partial charge in [-0.2, -0.15) is 0 Å². The first-order chi connectivity index (χ1) is 27.8. The fraction of sp³-hybridized carbons (Fsp3) is 0. The van der Waals surface area contributed by atoms with Gasteiger partial charge in [-0.1, -0.05) is 194 Å². The molecule has 11 aromatic rings. The van der Waals surface area contributed by atoms with Crippen LogP contribution in [0.15, 0.2) is 224 Å². The molecule has 0 unspecified atom stereocenters. The minimum atomic E-state index is -2.88. The van der Waals surface area contributed by atoms with E-state index in [4.69, 9.17) is 0 Å². The van der Waals surface area contributed by atoms with Gasteiger partial charge in [0.2, 0.25) is 0 Å². The number of hydrogen-bond acceptors (Lipinski definition) is 0. The molecule has 0 fully saturated rings. The fourth-order valence-electron chi connectivity index (χ4n) is 9.46. The van der Waals surface area contributed by atoms with Crippen molar-refractivity contribution in [2.45, 2.75) is 0 Å². The lowest BCUT2D eigenvalue weighted by molar-refractivity contribution is 1.18. The van der Waals surface area contributed by atoms with E-state index >= 15 is 0 Å². The average Bonchev–Trinajstić information content (AvgIpc) is 3.62. The van der Waals surface area contributed by atoms with E-state index in [1.807, 2.05) is 0 Å². The van der Waals surface area contributed by atoms with Gasteiger partial charge >= 0.3 is 0 Å². The van der Waals surface area contributed by atoms with Crippen LogP contribution in [0.4, 0.5) is 0 Å². The predicted octanol–water partition coefficient (Wildman–Crippen LogP) is 11.3. The predicted molar refractivity (Wildman–Crippen MR) is 242 cm³/mol. The molecule has 0 atom stereocenters. The van der Waals surface area contributed by atoms with Crippen molar-refractivity contribution in [2.24, 2.45) is 0 Å². The molecule has 1 nitrogen and oxygen atoms in total. The molecule has 0 saturated carbocycles. The molecular weight excluding hydrogens is 691 g/mol. The molecule has 0 bridgehead atoms. The molecule has 56 heavy (non-hydrogen) atoms. The molecule has 0 saturated heterocycles. The van der Waals surface area contributed by atoms with Gasteiger partial charge in [0.25, 0.3) is 0 Å². The SMILES string of the molecule is c1ccc(-n2c3ccccc3c3cc(-c4cccc([Si](c5ccccc5)(c5ccccc5)c5ccc6c7ccccc7c7ccccc7c6c5)c4)ccc32)cc1. The summed E-state index contributed by atoms with van der Waals surface area (Å²) in [5, 5.41) is 15.8. The number of fused-ring (bicyclic) bond motifs is 9. The third-order valence-corrected chi connectivity index (χ3v) is 16.7. The molecule has 0 aliphatic heterocycles. The zero-order valence-corrected chi connectivity index (χ0v) is 31.8. The van der Waals surface area contributed by atoms with Gasteiger partial charge in [-0.3, -0.25) is 0 Å². The standard InChI is InChI=1S/C54H37NSi/c1-4-18-40(19-5-1)55-53-30-15-14-29-50(53)52-36-39(31-34-54(52)55)38-17-16-24-43(35-38)56(41-20-6-2-7-21-41,42-22-8-3-9-23-42)44-32-33-49-47-27-11-10-25-45(47)46-26-12-13-28-48(46)51(49)37-44/h1-37H. The normalized spacial score (nSPS) is 11.9. The Labute approximate surface area is 327 Å². The number of nitrogens with zero attached hydrogens (tertiary/aromatic N) is 1. The summed E-state index contributed by atoms with van der Waals surface area (Å²) < 4.78 is 2.39. The Morgan fingerprint density at radius 1 is 0.250 bits per heavy atom. The minimum absolute atomic E-state index is 1.17. The summed E-state index contributed by atoms with van der Waals surface area (Å²) in [6.07, 6.45) is 0. The third kappa shape index (κ3) is 4.93. The van der Waals surface area contributed by atoms with Gasteiger partial charge in [0.1, 0.15) is 0 Å². The van der Waals surface area contributed by atoms with Gasteiger partial charge in [0, 0.05) is 16.5 Å². The summed E-state index contributed by atoms with van der Waals surface area (Å²) in [5.74, 6) is 0. The third-order valence-electron chi connectivity index (χ3n) is 11.9. The lowest BCUT2D eigenvalue weighted by Crippen LogP contribution is -2.74. The van der Waals surface area contributed by atoms with Gasteiger partial charge in [0.15, 0.2) is 8.07 Å². The second-order valence-electron chi connectivity index (χ2n) is 14.8. The maximum Gasteiger partial charge on any atom is 0.179 e. The van der Waals surface area contributed by atoms with Crippen LogP contribution in [0.2, 0.25) is 0 Å². The van der Waals surface area contributed by atoms with E-state index in [1.54, 1.807) is 0 Å². The summed E-state index contributed by atoms with van der Waals surface area (Å²) in [6, 6.07) is 83.7. The summed E-state index contributed by atoms with van der Waals surface area (Å²) in [6.45, 7) is 0. The van der Waals surface area contributed by atoms with Gasteiger partial charge in [0.05, 0.1) is 11.0 Å². The summed E-state index contributed by atoms with van der Waals surface area (Å²) >= 11 is 0. The molecule has 2 heteroatoms. The van der Waals surface area contributed by atoms with Crippen LogP contribution in [0.1, 0.15) is 0 Å². The van der Waals surface area contributed by atoms with Crippen molar-refractivity contribution in [2.75, 3.05) is 0 Å². The molecule has 0 spiro atoms. The Bertz CT molecular complexity index is 3160. The highest BCUT2D eigenvalue weighted by molar-refractivity contribution is 7.20. The van der Waals surface area contributed by atoms with Crippen LogP contribution in [0.5, 0.6) is 0 Å². The highest BCUT2D eigenvalue weighted by Gasteiger charge is 2.41. The molecule has 11 rings (SSSR count). The van der Waals surface area contributed by atoms with E-state index in [1.165, 1.54) is 91.7 Å². The highest BCUT2D eigenvalue weighted by Crippen LogP contribution is 2.36. The largest absolute Gasteiger partial charge is 0.309 e. The summed E-state index contributed by atoms with van der Waals surface area (Å²) in [4.78, 5) is 0. The number of rotatable bonds is 6. The molecule has 0 amide bonds. The molecule has 1 heterocycles. The van der Waals surface area contributed by atoms with Crippen molar-refractivity contribution in [3.8, 4) is 16.8 Å². The van der Waals surface area contributed by atoms with Crippen LogP contribution in [-0.4, -0.2) is 12.6 Å². The van der Waals surface area contributed by atoms with E-state index in [0.717, 1.165) is 0 Å². The Kier molecular flexibility index (Phi) is 7.58. The quantitative estimate of drug-likeness (QED) is 0.0913. The van der Waals surface area contributed by atoms with Crippen molar-refractivity contribution in [1.29, 1.82) is 0 Å². The Morgan fingerprint density at radius 2 is 0.714 bits per heavy atom. The van der Waals surface area contributed by atoms with Gasteiger partial charge in [-0.25, -0.2) is 0 Å². The Balaban J connectivity index is 1.18. The van der Waals surface area contributed by atoms with Gasteiger partial charge < -0.3 is 4.57 Å². The van der Waals surface area contributed by atoms with Gasteiger partial charge in [-0.05, 0) is 94.5 Å². The smallest absolute Gasteiger partial charge is 0.179 e. The first-order valence-corrected chi connectivity index (χ1v) is 21.4. The lowest BCUT2D eigenvalue weighted by Gasteiger charge is -2.35. The molecule has 0 radical (unpaired) electrons. The average molecular weight is 728 g/mol. The summed E-state index contributed by atoms with van der Waals surface area (Å²) in [5.41, 5.74) is 6.05. The van der Waals surface area contributed by atoms with Crippen LogP contribution in [0.25, 0.3) is 70.9 Å². The van der Waals surface area contributed by atoms with Crippen molar-refractivity contribution >= 4 is 82.9 Å². The molecule has 1 aromatic heterocycles. The van der Waals surface area contributed by atoms with Crippen molar-refractivity contribution in [1.82, 2.24) is 4.57 Å². The maximum atomic E-state index is 2.54. The molecule has 10 aromatic carbocycles. The zero-order valence-electron chi connectivity index (χ0n) is 30.8. The van der Waals surface area contributed by atoms with E-state index in [-0.39, 0.29) is 0 Å². The van der Waals surface area contributed by atoms with Crippen LogP contribution < -0.4 is 20.7 Å². The zero-order chi connectivity index (χ0) is 37.1. The molecule has 0 N–H and O–H groups in total. The van der Waals surface area contributed by atoms with Gasteiger partial charge in [-0.15, -0.1) is 0 Å². The molecule has 0 aliphatic rings. The monoisotopic (exact) mass is 727 g/mol. The maximum absolute atomic E-state index is 2.88. The van der Waals surface area contributed by atoms with Crippen molar-refractivity contribution in [3.63, 3.8) is 0 Å². The van der Waals surface area contributed by atoms with Crippen LogP contribution in [0.3, 0.4) is 0 Å². The highest BCUT2D eigenvalue weighted by atomic mass is 28.3. The lowest BCUT2D eigenvalue weighted by atomic mass is 9.94. The van der Waals surface area contributed by atoms with Crippen LogP contribution >= 0.6 is 0 Å². The Morgan fingerprint density at radius 3 is 1.36 bits per heavy atom. The number of aromatic nitrogens is 1. The second-order valence-corrected chi connectivity index (χ2v) is 18.6. The Hall–Kier alpha value is -7.00. The van der Waals surface area contributed by atoms with Crippen molar-refractivity contribution < 1.29 is 0 Å². The number of hydrogen-bond donors (Lipinski definition) is 0. The van der Waals surface area contributed by atoms with E-state index < -0.39 is 8.07 Å². The summed E-state index contributed by atoms with van der Waals surface area (Å²) in [7, 11) is -2.88. The molecule has 0 aliphatic carbocycles. The number of benzene rings is 10. The molecule has 262 valence electrons. The first-order valence-electron chi connectivity index (χ1n) is 19.4. The molecular formula is C54H37NSi. The topological polar surface area (TPSA) is 4.93 Å². The van der Waals surface area contributed by atoms with E-state index in [2.05, 4.69) is 229 Å². The fourth-order valence-corrected chi connectivity index (χ4v) is 14.3. The van der Waals surface area contributed by atoms with Crippen LogP contribution in [-0.2, 0) is 0 Å². The van der Waals surface area contributed by atoms with Crippen molar-refractivity contribution in [3.05, 3.63) is 224 Å². The van der Waals surface area contributed by atoms with Crippen LogP contribution in [0, 0.1) is 0 Å². The second kappa shape index (κ2) is 13.1. The minimum Gasteiger partial charge on any atom is -0.309 e. The van der Waals surface area contributed by atoms with E-state index in [0.29, 0.717) is 0 Å². The first kappa shape index (κ1) is 32.4.